The zero-order valence-electron chi connectivity index (χ0n) is 12.3. The van der Waals surface area contributed by atoms with Crippen LogP contribution in [0.1, 0.15) is 50.8 Å². The summed E-state index contributed by atoms with van der Waals surface area (Å²) < 4.78 is 0. The van der Waals surface area contributed by atoms with Crippen LogP contribution in [0.4, 0.5) is 0 Å². The van der Waals surface area contributed by atoms with Gasteiger partial charge in [-0.05, 0) is 43.2 Å². The predicted octanol–water partition coefficient (Wildman–Crippen LogP) is 4.47. The summed E-state index contributed by atoms with van der Waals surface area (Å²) in [6.45, 7) is 3.31. The van der Waals surface area contributed by atoms with Gasteiger partial charge in [0.2, 0.25) is 0 Å². The Labute approximate surface area is 121 Å². The summed E-state index contributed by atoms with van der Waals surface area (Å²) in [7, 11) is 0. The van der Waals surface area contributed by atoms with Gasteiger partial charge in [0.25, 0.3) is 0 Å². The van der Waals surface area contributed by atoms with Crippen molar-refractivity contribution in [1.82, 2.24) is 10.3 Å². The number of pyridine rings is 1. The Morgan fingerprint density at radius 3 is 2.80 bits per heavy atom. The maximum Gasteiger partial charge on any atom is 0.0654 e. The summed E-state index contributed by atoms with van der Waals surface area (Å²) in [4.78, 5) is 4.74. The Bertz CT molecular complexity index is 553. The Kier molecular flexibility index (Phi) is 4.31. The highest BCUT2D eigenvalue weighted by molar-refractivity contribution is 5.84. The fourth-order valence-corrected chi connectivity index (χ4v) is 3.47. The first-order valence-electron chi connectivity index (χ1n) is 7.97. The number of nitrogens with zero attached hydrogens (tertiary/aromatic N) is 1. The molecule has 1 heterocycles. The largest absolute Gasteiger partial charge is 0.308 e. The molecular weight excluding hydrogens is 244 g/mol. The van der Waals surface area contributed by atoms with E-state index >= 15 is 0 Å². The summed E-state index contributed by atoms with van der Waals surface area (Å²) in [5.74, 6) is 0.750. The monoisotopic (exact) mass is 268 g/mol. The Morgan fingerprint density at radius 2 is 2.00 bits per heavy atom. The maximum absolute atomic E-state index is 4.74. The molecule has 2 aromatic rings. The first-order chi connectivity index (χ1) is 9.90. The minimum atomic E-state index is 0.420. The minimum absolute atomic E-state index is 0.420. The van der Waals surface area contributed by atoms with Gasteiger partial charge in [0.05, 0.1) is 11.7 Å². The Hall–Kier alpha value is -1.41. The minimum Gasteiger partial charge on any atom is -0.308 e. The molecule has 2 nitrogen and oxygen atoms in total. The average molecular weight is 268 g/mol. The van der Waals surface area contributed by atoms with Gasteiger partial charge in [-0.15, -0.1) is 0 Å². The van der Waals surface area contributed by atoms with Crippen molar-refractivity contribution < 1.29 is 0 Å². The highest BCUT2D eigenvalue weighted by Gasteiger charge is 2.27. The topological polar surface area (TPSA) is 24.9 Å². The standard InChI is InChI=1S/C18H24N2/c1-2-12-19-17(15-8-3-4-9-15)18-16-10-6-5-7-14(16)11-13-20-18/h5-7,10-11,13,15,17,19H,2-4,8-9,12H2,1H3. The molecule has 0 saturated heterocycles. The van der Waals surface area contributed by atoms with Crippen LogP contribution in [-0.2, 0) is 0 Å². The van der Waals surface area contributed by atoms with Crippen molar-refractivity contribution in [3.05, 3.63) is 42.2 Å². The molecule has 1 aliphatic rings. The van der Waals surface area contributed by atoms with E-state index in [-0.39, 0.29) is 0 Å². The van der Waals surface area contributed by atoms with Crippen molar-refractivity contribution in [3.8, 4) is 0 Å². The summed E-state index contributed by atoms with van der Waals surface area (Å²) >= 11 is 0. The van der Waals surface area contributed by atoms with Crippen molar-refractivity contribution in [2.24, 2.45) is 5.92 Å². The Morgan fingerprint density at radius 1 is 1.20 bits per heavy atom. The molecule has 1 aliphatic carbocycles. The van der Waals surface area contributed by atoms with Gasteiger partial charge in [-0.3, -0.25) is 4.98 Å². The molecule has 0 aliphatic heterocycles. The second kappa shape index (κ2) is 6.36. The van der Waals surface area contributed by atoms with Gasteiger partial charge in [0.1, 0.15) is 0 Å². The van der Waals surface area contributed by atoms with E-state index in [0.29, 0.717) is 6.04 Å². The van der Waals surface area contributed by atoms with Gasteiger partial charge in [0, 0.05) is 11.6 Å². The van der Waals surface area contributed by atoms with Crippen molar-refractivity contribution in [3.63, 3.8) is 0 Å². The SMILES string of the molecule is CCCNC(c1nccc2ccccc12)C1CCCC1. The molecule has 0 bridgehead atoms. The van der Waals surface area contributed by atoms with Crippen LogP contribution in [-0.4, -0.2) is 11.5 Å². The van der Waals surface area contributed by atoms with Crippen molar-refractivity contribution in [1.29, 1.82) is 0 Å². The summed E-state index contributed by atoms with van der Waals surface area (Å²) in [5, 5.41) is 6.38. The maximum atomic E-state index is 4.74. The van der Waals surface area contributed by atoms with Crippen LogP contribution in [0.3, 0.4) is 0 Å². The molecule has 1 aromatic heterocycles. The Balaban J connectivity index is 1.99. The molecule has 2 heteroatoms. The van der Waals surface area contributed by atoms with Gasteiger partial charge >= 0.3 is 0 Å². The van der Waals surface area contributed by atoms with E-state index in [1.54, 1.807) is 0 Å². The number of rotatable bonds is 5. The normalized spacial score (nSPS) is 17.6. The lowest BCUT2D eigenvalue weighted by Gasteiger charge is -2.25. The van der Waals surface area contributed by atoms with Crippen LogP contribution >= 0.6 is 0 Å². The summed E-state index contributed by atoms with van der Waals surface area (Å²) in [6.07, 6.45) is 8.57. The van der Waals surface area contributed by atoms with E-state index < -0.39 is 0 Å². The zero-order chi connectivity index (χ0) is 13.8. The lowest BCUT2D eigenvalue weighted by molar-refractivity contribution is 0.363. The van der Waals surface area contributed by atoms with Crippen molar-refractivity contribution >= 4 is 10.8 Å². The second-order valence-electron chi connectivity index (χ2n) is 5.89. The number of fused-ring (bicyclic) bond motifs is 1. The fraction of sp³-hybridized carbons (Fsp3) is 0.500. The molecular formula is C18H24N2. The molecule has 106 valence electrons. The second-order valence-corrected chi connectivity index (χ2v) is 5.89. The van der Waals surface area contributed by atoms with Gasteiger partial charge in [-0.25, -0.2) is 0 Å². The quantitative estimate of drug-likeness (QED) is 0.865. The fourth-order valence-electron chi connectivity index (χ4n) is 3.47. The van der Waals surface area contributed by atoms with Gasteiger partial charge in [-0.1, -0.05) is 44.0 Å². The number of benzene rings is 1. The zero-order valence-corrected chi connectivity index (χ0v) is 12.3. The van der Waals surface area contributed by atoms with E-state index in [9.17, 15) is 0 Å². The molecule has 1 fully saturated rings. The summed E-state index contributed by atoms with van der Waals surface area (Å²) in [5.41, 5.74) is 1.25. The van der Waals surface area contributed by atoms with E-state index in [0.717, 1.165) is 12.5 Å². The van der Waals surface area contributed by atoms with E-state index in [1.807, 2.05) is 6.20 Å². The van der Waals surface area contributed by atoms with Crippen LogP contribution in [0.5, 0.6) is 0 Å². The smallest absolute Gasteiger partial charge is 0.0654 e. The molecule has 20 heavy (non-hydrogen) atoms. The van der Waals surface area contributed by atoms with Gasteiger partial charge in [-0.2, -0.15) is 0 Å². The van der Waals surface area contributed by atoms with Crippen LogP contribution in [0.2, 0.25) is 0 Å². The third kappa shape index (κ3) is 2.71. The third-order valence-electron chi connectivity index (χ3n) is 4.48. The van der Waals surface area contributed by atoms with E-state index in [1.165, 1.54) is 48.6 Å². The highest BCUT2D eigenvalue weighted by atomic mass is 14.9. The molecule has 0 radical (unpaired) electrons. The third-order valence-corrected chi connectivity index (χ3v) is 4.48. The highest BCUT2D eigenvalue weighted by Crippen LogP contribution is 2.37. The first kappa shape index (κ1) is 13.6. The van der Waals surface area contributed by atoms with E-state index in [2.05, 4.69) is 42.6 Å². The van der Waals surface area contributed by atoms with Gasteiger partial charge in [0.15, 0.2) is 0 Å². The number of nitrogens with one attached hydrogen (secondary N) is 1. The molecule has 1 atom stereocenters. The van der Waals surface area contributed by atoms with Gasteiger partial charge < -0.3 is 5.32 Å². The van der Waals surface area contributed by atoms with E-state index in [4.69, 9.17) is 4.98 Å². The molecule has 1 N–H and O–H groups in total. The van der Waals surface area contributed by atoms with Crippen LogP contribution in [0, 0.1) is 5.92 Å². The average Bonchev–Trinajstić information content (AvgIpc) is 3.02. The van der Waals surface area contributed by atoms with Crippen molar-refractivity contribution in [2.45, 2.75) is 45.1 Å². The van der Waals surface area contributed by atoms with Crippen LogP contribution in [0.15, 0.2) is 36.5 Å². The first-order valence-corrected chi connectivity index (χ1v) is 7.97. The molecule has 1 unspecified atom stereocenters. The lowest BCUT2D eigenvalue weighted by Crippen LogP contribution is -2.28. The number of hydrogen-bond donors (Lipinski definition) is 1. The molecule has 3 rings (SSSR count). The predicted molar refractivity (Wildman–Crippen MR) is 84.7 cm³/mol. The lowest BCUT2D eigenvalue weighted by atomic mass is 9.92. The van der Waals surface area contributed by atoms with Crippen LogP contribution in [0.25, 0.3) is 10.8 Å². The van der Waals surface area contributed by atoms with Crippen LogP contribution < -0.4 is 5.32 Å². The molecule has 0 spiro atoms. The molecule has 1 aromatic carbocycles. The number of aromatic nitrogens is 1. The number of hydrogen-bond acceptors (Lipinski definition) is 2. The molecule has 0 amide bonds. The molecule has 1 saturated carbocycles. The summed E-state index contributed by atoms with van der Waals surface area (Å²) in [6, 6.07) is 11.2. The van der Waals surface area contributed by atoms with Crippen molar-refractivity contribution in [2.75, 3.05) is 6.54 Å².